The molecule has 2 aliphatic heterocycles. The van der Waals surface area contributed by atoms with Crippen LogP contribution in [-0.4, -0.2) is 48.3 Å². The van der Waals surface area contributed by atoms with Gasteiger partial charge in [0.05, 0.1) is 11.8 Å². The van der Waals surface area contributed by atoms with Crippen molar-refractivity contribution in [3.8, 4) is 0 Å². The molecule has 0 aromatic carbocycles. The largest absolute Gasteiger partial charge is 0.481 e. The lowest BCUT2D eigenvalue weighted by atomic mass is 9.53. The molecule has 6 nitrogen and oxygen atoms in total. The summed E-state index contributed by atoms with van der Waals surface area (Å²) < 4.78 is 0. The Bertz CT molecular complexity index is 631. The molecule has 0 unspecified atom stereocenters. The molecule has 8 fully saturated rings. The van der Waals surface area contributed by atoms with Crippen LogP contribution in [0.3, 0.4) is 0 Å². The summed E-state index contributed by atoms with van der Waals surface area (Å²) in [6.07, 6.45) is 11.9. The lowest BCUT2D eigenvalue weighted by molar-refractivity contribution is -0.161. The summed E-state index contributed by atoms with van der Waals surface area (Å²) in [5.41, 5.74) is 0.414. The van der Waals surface area contributed by atoms with Gasteiger partial charge in [0.15, 0.2) is 0 Å². The monoisotopic (exact) mass is 490 g/mol. The van der Waals surface area contributed by atoms with Gasteiger partial charge in [0.1, 0.15) is 0 Å². The van der Waals surface area contributed by atoms with E-state index in [0.29, 0.717) is 23.7 Å². The summed E-state index contributed by atoms with van der Waals surface area (Å²) in [5.74, 6) is 1.33. The highest BCUT2D eigenvalue weighted by Crippen LogP contribution is 2.68. The molecule has 0 amide bonds. The SMILES string of the molecule is Cl.Cl.O=C(O)[C@@H]1[C@@H]2CC[C@@]1(C1CCNCC1)C2.O=C(O)[C@H]1[C@H]2CC[C@]1(C1CCNCC1)C2. The van der Waals surface area contributed by atoms with Crippen molar-refractivity contribution in [1.82, 2.24) is 10.6 Å². The lowest BCUT2D eigenvalue weighted by Gasteiger charge is -2.51. The molecule has 184 valence electrons. The van der Waals surface area contributed by atoms with Crippen LogP contribution in [0.15, 0.2) is 0 Å². The van der Waals surface area contributed by atoms with E-state index in [-0.39, 0.29) is 47.5 Å². The smallest absolute Gasteiger partial charge is 0.307 e. The summed E-state index contributed by atoms with van der Waals surface area (Å²) in [4.78, 5) is 22.5. The Morgan fingerprint density at radius 1 is 0.625 bits per heavy atom. The Morgan fingerprint density at radius 3 is 1.25 bits per heavy atom. The van der Waals surface area contributed by atoms with Gasteiger partial charge in [-0.2, -0.15) is 0 Å². The van der Waals surface area contributed by atoms with Gasteiger partial charge in [-0.3, -0.25) is 9.59 Å². The van der Waals surface area contributed by atoms with Gasteiger partial charge in [0.25, 0.3) is 0 Å². The maximum atomic E-state index is 11.3. The average Bonchev–Trinajstić information content (AvgIpc) is 3.48. The average molecular weight is 492 g/mol. The highest BCUT2D eigenvalue weighted by Gasteiger charge is 2.65. The number of hydrogen-bond acceptors (Lipinski definition) is 4. The predicted octanol–water partition coefficient (Wildman–Crippen LogP) is 3.82. The number of carboxylic acid groups (broad SMARTS) is 2. The van der Waals surface area contributed by atoms with Crippen molar-refractivity contribution < 1.29 is 19.8 Å². The van der Waals surface area contributed by atoms with Crippen molar-refractivity contribution in [1.29, 1.82) is 0 Å². The molecule has 0 aromatic heterocycles. The van der Waals surface area contributed by atoms with Crippen molar-refractivity contribution in [3.05, 3.63) is 0 Å². The molecule has 8 aliphatic rings. The van der Waals surface area contributed by atoms with Crippen molar-refractivity contribution in [3.63, 3.8) is 0 Å². The molecular formula is C24H40Cl2N2O4. The number of rotatable bonds is 4. The molecule has 4 N–H and O–H groups in total. The third-order valence-corrected chi connectivity index (χ3v) is 10.3. The molecule has 0 spiro atoms. The zero-order valence-electron chi connectivity index (χ0n) is 18.9. The van der Waals surface area contributed by atoms with Crippen molar-refractivity contribution in [2.24, 2.45) is 46.3 Å². The van der Waals surface area contributed by atoms with E-state index in [4.69, 9.17) is 0 Å². The molecule has 2 heterocycles. The molecule has 0 aromatic rings. The second kappa shape index (κ2) is 9.97. The Balaban J connectivity index is 0.000000170. The molecule has 6 saturated carbocycles. The first-order chi connectivity index (χ1) is 14.5. The molecule has 2 saturated heterocycles. The van der Waals surface area contributed by atoms with E-state index in [1.807, 2.05) is 0 Å². The van der Waals surface area contributed by atoms with Crippen LogP contribution in [0.2, 0.25) is 0 Å². The number of carbonyl (C=O) groups is 2. The molecule has 6 atom stereocenters. The zero-order chi connectivity index (χ0) is 20.9. The maximum absolute atomic E-state index is 11.3. The first-order valence-electron chi connectivity index (χ1n) is 12.3. The summed E-state index contributed by atoms with van der Waals surface area (Å²) in [6, 6.07) is 0. The highest BCUT2D eigenvalue weighted by atomic mass is 35.5. The van der Waals surface area contributed by atoms with E-state index < -0.39 is 11.9 Å². The molecule has 8 heteroatoms. The first kappa shape index (κ1) is 26.1. The second-order valence-corrected chi connectivity index (χ2v) is 11.2. The van der Waals surface area contributed by atoms with E-state index in [1.165, 1.54) is 64.2 Å². The van der Waals surface area contributed by atoms with Gasteiger partial charge >= 0.3 is 11.9 Å². The summed E-state index contributed by atoms with van der Waals surface area (Å²) in [5, 5.41) is 25.3. The Kier molecular flexibility index (Phi) is 8.12. The number of halogens is 2. The van der Waals surface area contributed by atoms with E-state index >= 15 is 0 Å². The van der Waals surface area contributed by atoms with E-state index in [2.05, 4.69) is 10.6 Å². The molecule has 8 rings (SSSR count). The minimum Gasteiger partial charge on any atom is -0.481 e. The lowest BCUT2D eigenvalue weighted by Crippen LogP contribution is -2.52. The van der Waals surface area contributed by atoms with Crippen LogP contribution >= 0.6 is 24.8 Å². The topological polar surface area (TPSA) is 98.7 Å². The minimum absolute atomic E-state index is 0. The van der Waals surface area contributed by atoms with Crippen molar-refractivity contribution >= 4 is 36.8 Å². The second-order valence-electron chi connectivity index (χ2n) is 11.2. The van der Waals surface area contributed by atoms with E-state index in [1.54, 1.807) is 0 Å². The fourth-order valence-electron chi connectivity index (χ4n) is 8.98. The van der Waals surface area contributed by atoms with Crippen LogP contribution in [0.4, 0.5) is 0 Å². The summed E-state index contributed by atoms with van der Waals surface area (Å²) in [7, 11) is 0. The van der Waals surface area contributed by atoms with Crippen LogP contribution in [0, 0.1) is 46.3 Å². The van der Waals surface area contributed by atoms with Gasteiger partial charge < -0.3 is 20.8 Å². The fraction of sp³-hybridized carbons (Fsp3) is 0.917. The maximum Gasteiger partial charge on any atom is 0.307 e. The van der Waals surface area contributed by atoms with Gasteiger partial charge in [-0.1, -0.05) is 0 Å². The zero-order valence-corrected chi connectivity index (χ0v) is 20.5. The molecule has 4 bridgehead atoms. The summed E-state index contributed by atoms with van der Waals surface area (Å²) >= 11 is 0. The number of carboxylic acids is 2. The molecular weight excluding hydrogens is 451 g/mol. The quantitative estimate of drug-likeness (QED) is 0.478. The van der Waals surface area contributed by atoms with Gasteiger partial charge in [-0.05, 0) is 125 Å². The Labute approximate surface area is 203 Å². The predicted molar refractivity (Wildman–Crippen MR) is 127 cm³/mol. The van der Waals surface area contributed by atoms with Crippen molar-refractivity contribution in [2.45, 2.75) is 64.2 Å². The van der Waals surface area contributed by atoms with Crippen LogP contribution in [0.1, 0.15) is 64.2 Å². The van der Waals surface area contributed by atoms with Gasteiger partial charge in [0.2, 0.25) is 0 Å². The number of aliphatic carboxylic acids is 2. The minimum atomic E-state index is -0.526. The van der Waals surface area contributed by atoms with E-state index in [9.17, 15) is 19.8 Å². The fourth-order valence-corrected chi connectivity index (χ4v) is 8.98. The molecule has 32 heavy (non-hydrogen) atoms. The van der Waals surface area contributed by atoms with Gasteiger partial charge in [-0.15, -0.1) is 24.8 Å². The highest BCUT2D eigenvalue weighted by molar-refractivity contribution is 5.85. The van der Waals surface area contributed by atoms with Crippen molar-refractivity contribution in [2.75, 3.05) is 26.2 Å². The number of hydrogen-bond donors (Lipinski definition) is 4. The van der Waals surface area contributed by atoms with Crippen LogP contribution in [0.5, 0.6) is 0 Å². The Morgan fingerprint density at radius 2 is 0.969 bits per heavy atom. The first-order valence-corrected chi connectivity index (χ1v) is 12.3. The third kappa shape index (κ3) is 3.97. The number of nitrogens with one attached hydrogen (secondary N) is 2. The van der Waals surface area contributed by atoms with Gasteiger partial charge in [-0.25, -0.2) is 0 Å². The molecule has 6 aliphatic carbocycles. The van der Waals surface area contributed by atoms with Gasteiger partial charge in [0, 0.05) is 0 Å². The van der Waals surface area contributed by atoms with Crippen LogP contribution in [-0.2, 0) is 9.59 Å². The Hall–Kier alpha value is -0.560. The number of fused-ring (bicyclic) bond motifs is 2. The van der Waals surface area contributed by atoms with Crippen LogP contribution in [0.25, 0.3) is 0 Å². The third-order valence-electron chi connectivity index (χ3n) is 10.3. The number of piperidine rings is 2. The molecule has 0 radical (unpaired) electrons. The van der Waals surface area contributed by atoms with Crippen LogP contribution < -0.4 is 10.6 Å². The standard InChI is InChI=1S/2C12H19NO2.2ClH/c2*14-11(15)10-8-1-4-12(10,7-8)9-2-5-13-6-3-9;;/h2*8-10,13H,1-7H2,(H,14,15);2*1H/t2*8-,10+,12+;;/m10../s1. The summed E-state index contributed by atoms with van der Waals surface area (Å²) in [6.45, 7) is 4.35. The van der Waals surface area contributed by atoms with E-state index in [0.717, 1.165) is 26.2 Å². The normalized spacial score (nSPS) is 42.2.